The maximum absolute atomic E-state index is 12.6. The molecule has 20 heavy (non-hydrogen) atoms. The van der Waals surface area contributed by atoms with Crippen LogP contribution in [0.25, 0.3) is 0 Å². The molecule has 0 amide bonds. The van der Waals surface area contributed by atoms with Crippen LogP contribution < -0.4 is 5.32 Å². The average Bonchev–Trinajstić information content (AvgIpc) is 3.13. The monoisotopic (exact) mass is 316 g/mol. The van der Waals surface area contributed by atoms with Crippen LogP contribution >= 0.6 is 11.3 Å². The first-order valence-electron chi connectivity index (χ1n) is 6.98. The quantitative estimate of drug-likeness (QED) is 0.892. The first-order valence-corrected chi connectivity index (χ1v) is 9.30. The van der Waals surface area contributed by atoms with Gasteiger partial charge in [0.2, 0.25) is 0 Å². The van der Waals surface area contributed by atoms with Crippen molar-refractivity contribution in [2.24, 2.45) is 0 Å². The molecule has 0 aromatic carbocycles. The lowest BCUT2D eigenvalue weighted by atomic mass is 10.3. The van der Waals surface area contributed by atoms with E-state index in [1.807, 2.05) is 12.3 Å². The van der Waals surface area contributed by atoms with Crippen molar-refractivity contribution < 1.29 is 13.2 Å². The standard InChI is InChI=1S/C13H20N2O3S2/c1-10-8-18-5-4-15(10)20(16,17)13-6-11(9-19-13)7-14-12-2-3-12/h6,9-10,12,14H,2-5,7-8H2,1H3. The smallest absolute Gasteiger partial charge is 0.252 e. The molecule has 1 saturated carbocycles. The van der Waals surface area contributed by atoms with E-state index in [0.29, 0.717) is 30.0 Å². The number of rotatable bonds is 5. The molecule has 2 heterocycles. The predicted molar refractivity (Wildman–Crippen MR) is 78.4 cm³/mol. The van der Waals surface area contributed by atoms with Crippen molar-refractivity contribution in [3.05, 3.63) is 17.0 Å². The van der Waals surface area contributed by atoms with Gasteiger partial charge in [-0.3, -0.25) is 0 Å². The number of sulfonamides is 1. The topological polar surface area (TPSA) is 58.6 Å². The minimum absolute atomic E-state index is 0.0936. The molecule has 112 valence electrons. The number of hydrogen-bond donors (Lipinski definition) is 1. The summed E-state index contributed by atoms with van der Waals surface area (Å²) < 4.78 is 32.6. The Morgan fingerprint density at radius 3 is 3.00 bits per heavy atom. The van der Waals surface area contributed by atoms with Gasteiger partial charge in [0.15, 0.2) is 0 Å². The molecule has 1 unspecified atom stereocenters. The number of hydrogen-bond acceptors (Lipinski definition) is 5. The van der Waals surface area contributed by atoms with E-state index < -0.39 is 10.0 Å². The lowest BCUT2D eigenvalue weighted by Crippen LogP contribution is -2.46. The summed E-state index contributed by atoms with van der Waals surface area (Å²) >= 11 is 1.31. The number of nitrogens with one attached hydrogen (secondary N) is 1. The van der Waals surface area contributed by atoms with E-state index in [9.17, 15) is 8.42 Å². The first kappa shape index (κ1) is 14.5. The highest BCUT2D eigenvalue weighted by molar-refractivity contribution is 7.91. The van der Waals surface area contributed by atoms with Gasteiger partial charge in [-0.05, 0) is 36.8 Å². The molecule has 2 fully saturated rings. The Morgan fingerprint density at radius 2 is 2.30 bits per heavy atom. The number of nitrogens with zero attached hydrogens (tertiary/aromatic N) is 1. The molecular formula is C13H20N2O3S2. The van der Waals surface area contributed by atoms with Crippen molar-refractivity contribution in [3.8, 4) is 0 Å². The minimum Gasteiger partial charge on any atom is -0.378 e. The Morgan fingerprint density at radius 1 is 1.50 bits per heavy atom. The first-order chi connectivity index (χ1) is 9.57. The SMILES string of the molecule is CC1COCCN1S(=O)(=O)c1cc(CNC2CC2)cs1. The third kappa shape index (κ3) is 3.07. The Labute approximate surface area is 124 Å². The summed E-state index contributed by atoms with van der Waals surface area (Å²) in [6.07, 6.45) is 2.47. The Balaban J connectivity index is 1.72. The average molecular weight is 316 g/mol. The predicted octanol–water partition coefficient (Wildman–Crippen LogP) is 1.41. The van der Waals surface area contributed by atoms with E-state index in [-0.39, 0.29) is 6.04 Å². The Bertz CT molecular complexity index is 566. The van der Waals surface area contributed by atoms with Crippen LogP contribution in [0.1, 0.15) is 25.3 Å². The molecule has 1 aliphatic heterocycles. The zero-order chi connectivity index (χ0) is 14.2. The summed E-state index contributed by atoms with van der Waals surface area (Å²) in [5, 5.41) is 5.34. The summed E-state index contributed by atoms with van der Waals surface area (Å²) in [5.41, 5.74) is 1.06. The van der Waals surface area contributed by atoms with Crippen molar-refractivity contribution in [3.63, 3.8) is 0 Å². The fraction of sp³-hybridized carbons (Fsp3) is 0.692. The highest BCUT2D eigenvalue weighted by atomic mass is 32.2. The van der Waals surface area contributed by atoms with Crippen LogP contribution in [-0.4, -0.2) is 44.6 Å². The summed E-state index contributed by atoms with van der Waals surface area (Å²) in [6.45, 7) is 4.04. The minimum atomic E-state index is -3.37. The van der Waals surface area contributed by atoms with Gasteiger partial charge in [-0.1, -0.05) is 0 Å². The van der Waals surface area contributed by atoms with E-state index in [4.69, 9.17) is 4.74 Å². The zero-order valence-corrected chi connectivity index (χ0v) is 13.2. The summed E-state index contributed by atoms with van der Waals surface area (Å²) in [7, 11) is -3.37. The van der Waals surface area contributed by atoms with E-state index in [1.165, 1.54) is 24.2 Å². The van der Waals surface area contributed by atoms with Crippen molar-refractivity contribution in [2.45, 2.75) is 42.6 Å². The molecule has 3 rings (SSSR count). The van der Waals surface area contributed by atoms with E-state index in [1.54, 1.807) is 10.4 Å². The maximum Gasteiger partial charge on any atom is 0.252 e. The van der Waals surface area contributed by atoms with Crippen LogP contribution in [0.5, 0.6) is 0 Å². The van der Waals surface area contributed by atoms with E-state index >= 15 is 0 Å². The molecule has 5 nitrogen and oxygen atoms in total. The molecule has 1 atom stereocenters. The normalized spacial score (nSPS) is 24.9. The number of morpholine rings is 1. The summed E-state index contributed by atoms with van der Waals surface area (Å²) in [6, 6.07) is 2.34. The highest BCUT2D eigenvalue weighted by Crippen LogP contribution is 2.27. The van der Waals surface area contributed by atoms with Gasteiger partial charge < -0.3 is 10.1 Å². The molecule has 1 saturated heterocycles. The van der Waals surface area contributed by atoms with Crippen molar-refractivity contribution in [1.29, 1.82) is 0 Å². The fourth-order valence-electron chi connectivity index (χ4n) is 2.32. The number of ether oxygens (including phenoxy) is 1. The zero-order valence-electron chi connectivity index (χ0n) is 11.5. The molecule has 1 aliphatic carbocycles. The van der Waals surface area contributed by atoms with Gasteiger partial charge in [-0.25, -0.2) is 8.42 Å². The van der Waals surface area contributed by atoms with Gasteiger partial charge >= 0.3 is 0 Å². The Kier molecular flexibility index (Phi) is 4.14. The second kappa shape index (κ2) is 5.73. The molecule has 2 aliphatic rings. The van der Waals surface area contributed by atoms with Gasteiger partial charge in [0.05, 0.1) is 13.2 Å². The molecule has 1 N–H and O–H groups in total. The van der Waals surface area contributed by atoms with E-state index in [0.717, 1.165) is 12.1 Å². The van der Waals surface area contributed by atoms with Gasteiger partial charge in [0.25, 0.3) is 10.0 Å². The Hall–Kier alpha value is -0.470. The fourth-order valence-corrected chi connectivity index (χ4v) is 5.25. The van der Waals surface area contributed by atoms with Gasteiger partial charge in [0, 0.05) is 25.2 Å². The summed E-state index contributed by atoms with van der Waals surface area (Å²) in [4.78, 5) is 0. The second-order valence-electron chi connectivity index (χ2n) is 5.47. The van der Waals surface area contributed by atoms with Crippen molar-refractivity contribution >= 4 is 21.4 Å². The van der Waals surface area contributed by atoms with Crippen LogP contribution in [0, 0.1) is 0 Å². The van der Waals surface area contributed by atoms with Crippen LogP contribution in [0.3, 0.4) is 0 Å². The lowest BCUT2D eigenvalue weighted by molar-refractivity contribution is 0.0393. The van der Waals surface area contributed by atoms with Crippen LogP contribution in [-0.2, 0) is 21.3 Å². The highest BCUT2D eigenvalue weighted by Gasteiger charge is 2.32. The maximum atomic E-state index is 12.6. The summed E-state index contributed by atoms with van der Waals surface area (Å²) in [5.74, 6) is 0. The van der Waals surface area contributed by atoms with Crippen LogP contribution in [0.15, 0.2) is 15.7 Å². The molecule has 1 aromatic rings. The van der Waals surface area contributed by atoms with Gasteiger partial charge in [-0.15, -0.1) is 11.3 Å². The molecular weight excluding hydrogens is 296 g/mol. The molecule has 7 heteroatoms. The third-order valence-corrected chi connectivity index (χ3v) is 7.15. The molecule has 1 aromatic heterocycles. The van der Waals surface area contributed by atoms with Crippen molar-refractivity contribution in [2.75, 3.05) is 19.8 Å². The third-order valence-electron chi connectivity index (χ3n) is 3.67. The van der Waals surface area contributed by atoms with Gasteiger partial charge in [-0.2, -0.15) is 4.31 Å². The molecule has 0 bridgehead atoms. The molecule has 0 radical (unpaired) electrons. The molecule has 0 spiro atoms. The van der Waals surface area contributed by atoms with Gasteiger partial charge in [0.1, 0.15) is 4.21 Å². The van der Waals surface area contributed by atoms with E-state index in [2.05, 4.69) is 5.32 Å². The lowest BCUT2D eigenvalue weighted by Gasteiger charge is -2.31. The second-order valence-corrected chi connectivity index (χ2v) is 8.50. The largest absolute Gasteiger partial charge is 0.378 e. The van der Waals surface area contributed by atoms with Crippen molar-refractivity contribution in [1.82, 2.24) is 9.62 Å². The van der Waals surface area contributed by atoms with Crippen LogP contribution in [0.2, 0.25) is 0 Å². The van der Waals surface area contributed by atoms with Crippen LogP contribution in [0.4, 0.5) is 0 Å². The number of thiophene rings is 1.